The van der Waals surface area contributed by atoms with E-state index in [9.17, 15) is 0 Å². The van der Waals surface area contributed by atoms with Crippen molar-refractivity contribution in [2.75, 3.05) is 0 Å². The third-order valence-electron chi connectivity index (χ3n) is 3.82. The summed E-state index contributed by atoms with van der Waals surface area (Å²) in [6.45, 7) is 5.20. The second-order valence-corrected chi connectivity index (χ2v) is 6.93. The molecule has 0 amide bonds. The summed E-state index contributed by atoms with van der Waals surface area (Å²) in [5.74, 6) is 1.05. The van der Waals surface area contributed by atoms with Crippen molar-refractivity contribution in [2.24, 2.45) is 0 Å². The molecule has 0 unspecified atom stereocenters. The van der Waals surface area contributed by atoms with Crippen molar-refractivity contribution in [3.05, 3.63) is 28.2 Å². The van der Waals surface area contributed by atoms with Crippen molar-refractivity contribution < 1.29 is 4.74 Å². The van der Waals surface area contributed by atoms with Gasteiger partial charge in [0.05, 0.1) is 6.10 Å². The number of benzene rings is 1. The van der Waals surface area contributed by atoms with Gasteiger partial charge >= 0.3 is 0 Å². The van der Waals surface area contributed by atoms with Gasteiger partial charge in [-0.25, -0.2) is 0 Å². The van der Waals surface area contributed by atoms with Crippen LogP contribution in [0.15, 0.2) is 22.7 Å². The Morgan fingerprint density at radius 2 is 1.90 bits per heavy atom. The largest absolute Gasteiger partial charge is 0.490 e. The van der Waals surface area contributed by atoms with Crippen LogP contribution >= 0.6 is 15.9 Å². The Morgan fingerprint density at radius 1 is 1.20 bits per heavy atom. The lowest BCUT2D eigenvalue weighted by Crippen LogP contribution is -2.23. The van der Waals surface area contributed by atoms with E-state index in [4.69, 9.17) is 4.74 Å². The molecule has 1 saturated carbocycles. The fourth-order valence-corrected chi connectivity index (χ4v) is 3.06. The van der Waals surface area contributed by atoms with Gasteiger partial charge in [-0.05, 0) is 43.9 Å². The Labute approximate surface area is 131 Å². The standard InChI is InChI=1S/C17H26BrNO/c1-13(2)19-12-14-11-15(18)9-10-17(14)20-16-7-5-3-4-6-8-16/h9-11,13,16,19H,3-8,12H2,1-2H3. The van der Waals surface area contributed by atoms with Gasteiger partial charge in [0, 0.05) is 22.6 Å². The molecule has 0 atom stereocenters. The summed E-state index contributed by atoms with van der Waals surface area (Å²) in [5.41, 5.74) is 1.25. The maximum Gasteiger partial charge on any atom is 0.124 e. The second kappa shape index (κ2) is 8.04. The maximum atomic E-state index is 6.29. The van der Waals surface area contributed by atoms with Crippen molar-refractivity contribution in [1.82, 2.24) is 5.32 Å². The number of halogens is 1. The maximum absolute atomic E-state index is 6.29. The van der Waals surface area contributed by atoms with E-state index in [1.165, 1.54) is 44.1 Å². The van der Waals surface area contributed by atoms with E-state index in [2.05, 4.69) is 53.3 Å². The third kappa shape index (κ3) is 5.10. The van der Waals surface area contributed by atoms with Crippen LogP contribution < -0.4 is 10.1 Å². The van der Waals surface area contributed by atoms with Crippen LogP contribution in [0, 0.1) is 0 Å². The molecule has 0 radical (unpaired) electrons. The van der Waals surface area contributed by atoms with Crippen molar-refractivity contribution in [2.45, 2.75) is 71.1 Å². The first-order valence-electron chi connectivity index (χ1n) is 7.83. The fraction of sp³-hybridized carbons (Fsp3) is 0.647. The SMILES string of the molecule is CC(C)NCc1cc(Br)ccc1OC1CCCCCC1. The molecule has 20 heavy (non-hydrogen) atoms. The zero-order chi connectivity index (χ0) is 14.4. The fourth-order valence-electron chi connectivity index (χ4n) is 2.65. The molecule has 1 aromatic rings. The van der Waals surface area contributed by atoms with Crippen LogP contribution in [-0.4, -0.2) is 12.1 Å². The average Bonchev–Trinajstić information content (AvgIpc) is 2.67. The molecule has 2 rings (SSSR count). The Hall–Kier alpha value is -0.540. The molecule has 1 aliphatic rings. The van der Waals surface area contributed by atoms with Crippen LogP contribution in [0.1, 0.15) is 57.9 Å². The summed E-state index contributed by atoms with van der Waals surface area (Å²) in [7, 11) is 0. The van der Waals surface area contributed by atoms with Crippen LogP contribution in [-0.2, 0) is 6.54 Å². The molecule has 0 saturated heterocycles. The van der Waals surface area contributed by atoms with E-state index in [1.54, 1.807) is 0 Å². The summed E-state index contributed by atoms with van der Waals surface area (Å²) in [5, 5.41) is 3.48. The van der Waals surface area contributed by atoms with Gasteiger partial charge in [0.1, 0.15) is 5.75 Å². The molecule has 1 aromatic carbocycles. The van der Waals surface area contributed by atoms with E-state index < -0.39 is 0 Å². The number of hydrogen-bond donors (Lipinski definition) is 1. The van der Waals surface area contributed by atoms with Crippen LogP contribution in [0.25, 0.3) is 0 Å². The van der Waals surface area contributed by atoms with Gasteiger partial charge in [0.25, 0.3) is 0 Å². The minimum Gasteiger partial charge on any atom is -0.490 e. The molecule has 1 fully saturated rings. The molecule has 0 bridgehead atoms. The Morgan fingerprint density at radius 3 is 2.55 bits per heavy atom. The third-order valence-corrected chi connectivity index (χ3v) is 4.31. The highest BCUT2D eigenvalue weighted by Crippen LogP contribution is 2.28. The summed E-state index contributed by atoms with van der Waals surface area (Å²) in [6, 6.07) is 6.83. The first kappa shape index (κ1) is 15.8. The van der Waals surface area contributed by atoms with Crippen LogP contribution in [0.3, 0.4) is 0 Å². The molecule has 1 aliphatic carbocycles. The quantitative estimate of drug-likeness (QED) is 0.758. The molecular formula is C17H26BrNO. The van der Waals surface area contributed by atoms with Crippen molar-refractivity contribution in [3.63, 3.8) is 0 Å². The van der Waals surface area contributed by atoms with Gasteiger partial charge in [-0.3, -0.25) is 0 Å². The van der Waals surface area contributed by atoms with E-state index in [-0.39, 0.29) is 0 Å². The van der Waals surface area contributed by atoms with E-state index in [1.807, 2.05) is 0 Å². The lowest BCUT2D eigenvalue weighted by atomic mass is 10.1. The highest BCUT2D eigenvalue weighted by Gasteiger charge is 2.15. The number of rotatable bonds is 5. The van der Waals surface area contributed by atoms with Gasteiger partial charge in [0.15, 0.2) is 0 Å². The number of nitrogens with one attached hydrogen (secondary N) is 1. The molecule has 2 nitrogen and oxygen atoms in total. The highest BCUT2D eigenvalue weighted by atomic mass is 79.9. The number of ether oxygens (including phenoxy) is 1. The lowest BCUT2D eigenvalue weighted by molar-refractivity contribution is 0.181. The van der Waals surface area contributed by atoms with Gasteiger partial charge in [-0.1, -0.05) is 42.6 Å². The minimum absolute atomic E-state index is 0.400. The smallest absolute Gasteiger partial charge is 0.124 e. The van der Waals surface area contributed by atoms with Gasteiger partial charge in [-0.2, -0.15) is 0 Å². The Balaban J connectivity index is 2.04. The molecule has 3 heteroatoms. The minimum atomic E-state index is 0.400. The van der Waals surface area contributed by atoms with Gasteiger partial charge in [0.2, 0.25) is 0 Å². The van der Waals surface area contributed by atoms with Crippen molar-refractivity contribution >= 4 is 15.9 Å². The second-order valence-electron chi connectivity index (χ2n) is 6.02. The zero-order valence-electron chi connectivity index (χ0n) is 12.6. The predicted molar refractivity (Wildman–Crippen MR) is 88.2 cm³/mol. The monoisotopic (exact) mass is 339 g/mol. The van der Waals surface area contributed by atoms with Crippen molar-refractivity contribution in [1.29, 1.82) is 0 Å². The van der Waals surface area contributed by atoms with E-state index in [0.717, 1.165) is 16.8 Å². The number of hydrogen-bond acceptors (Lipinski definition) is 2. The molecule has 112 valence electrons. The molecule has 0 aliphatic heterocycles. The topological polar surface area (TPSA) is 21.3 Å². The van der Waals surface area contributed by atoms with Crippen LogP contribution in [0.4, 0.5) is 0 Å². The van der Waals surface area contributed by atoms with Crippen LogP contribution in [0.2, 0.25) is 0 Å². The van der Waals surface area contributed by atoms with Gasteiger partial charge in [-0.15, -0.1) is 0 Å². The molecule has 0 heterocycles. The van der Waals surface area contributed by atoms with Crippen molar-refractivity contribution in [3.8, 4) is 5.75 Å². The molecule has 1 N–H and O–H groups in total. The molecular weight excluding hydrogens is 314 g/mol. The average molecular weight is 340 g/mol. The van der Waals surface area contributed by atoms with Crippen LogP contribution in [0.5, 0.6) is 5.75 Å². The predicted octanol–water partition coefficient (Wildman–Crippen LogP) is 5.05. The highest BCUT2D eigenvalue weighted by molar-refractivity contribution is 9.10. The normalized spacial score (nSPS) is 17.2. The molecule has 0 aromatic heterocycles. The first-order valence-corrected chi connectivity index (χ1v) is 8.63. The Kier molecular flexibility index (Phi) is 6.37. The first-order chi connectivity index (χ1) is 9.65. The van der Waals surface area contributed by atoms with E-state index in [0.29, 0.717) is 12.1 Å². The zero-order valence-corrected chi connectivity index (χ0v) is 14.2. The molecule has 0 spiro atoms. The summed E-state index contributed by atoms with van der Waals surface area (Å²) in [6.07, 6.45) is 8.14. The lowest BCUT2D eigenvalue weighted by Gasteiger charge is -2.20. The summed E-state index contributed by atoms with van der Waals surface area (Å²) < 4.78 is 7.41. The van der Waals surface area contributed by atoms with Gasteiger partial charge < -0.3 is 10.1 Å². The Bertz CT molecular complexity index is 411. The summed E-state index contributed by atoms with van der Waals surface area (Å²) >= 11 is 3.56. The summed E-state index contributed by atoms with van der Waals surface area (Å²) in [4.78, 5) is 0. The van der Waals surface area contributed by atoms with E-state index >= 15 is 0 Å².